The highest BCUT2D eigenvalue weighted by Gasteiger charge is 2.50. The average Bonchev–Trinajstić information content (AvgIpc) is 2.84. The molecule has 4 heteroatoms. The molecule has 1 aromatic rings. The average molecular weight is 277 g/mol. The molecule has 0 N–H and O–H groups in total. The second-order valence-corrected chi connectivity index (χ2v) is 6.83. The Morgan fingerprint density at radius 2 is 2.35 bits per heavy atom. The lowest BCUT2D eigenvalue weighted by Gasteiger charge is -2.27. The fourth-order valence-electron chi connectivity index (χ4n) is 3.62. The Bertz CT molecular complexity index is 443. The third-order valence-corrected chi connectivity index (χ3v) is 5.02. The van der Waals surface area contributed by atoms with Crippen LogP contribution in [-0.4, -0.2) is 44.4 Å². The van der Waals surface area contributed by atoms with E-state index in [1.54, 1.807) is 6.26 Å². The minimum Gasteiger partial charge on any atom is -0.472 e. The first kappa shape index (κ1) is 12.9. The van der Waals surface area contributed by atoms with E-state index in [1.165, 1.54) is 18.4 Å². The number of likely N-dealkylation sites (tertiary alicyclic amines) is 1. The molecule has 3 aliphatic rings. The maximum absolute atomic E-state index is 6.00. The number of rotatable bonds is 6. The lowest BCUT2D eigenvalue weighted by Crippen LogP contribution is -2.35. The van der Waals surface area contributed by atoms with E-state index in [0.29, 0.717) is 5.92 Å². The highest BCUT2D eigenvalue weighted by Crippen LogP contribution is 2.42. The molecule has 2 aliphatic heterocycles. The predicted octanol–water partition coefficient (Wildman–Crippen LogP) is 2.15. The van der Waals surface area contributed by atoms with Gasteiger partial charge in [-0.25, -0.2) is 0 Å². The van der Waals surface area contributed by atoms with Crippen LogP contribution < -0.4 is 0 Å². The molecule has 4 nitrogen and oxygen atoms in total. The number of hydrogen-bond donors (Lipinski definition) is 0. The van der Waals surface area contributed by atoms with Gasteiger partial charge in [0, 0.05) is 43.1 Å². The Balaban J connectivity index is 1.36. The minimum absolute atomic E-state index is 0.235. The second-order valence-electron chi connectivity index (χ2n) is 6.83. The molecular weight excluding hydrogens is 254 g/mol. The largest absolute Gasteiger partial charge is 0.472 e. The third-order valence-electron chi connectivity index (χ3n) is 5.02. The minimum atomic E-state index is 0.235. The molecule has 0 bridgehead atoms. The van der Waals surface area contributed by atoms with Crippen molar-refractivity contribution in [3.63, 3.8) is 0 Å². The van der Waals surface area contributed by atoms with Crippen LogP contribution in [0.15, 0.2) is 23.0 Å². The van der Waals surface area contributed by atoms with Crippen LogP contribution >= 0.6 is 0 Å². The predicted molar refractivity (Wildman–Crippen MR) is 74.3 cm³/mol. The van der Waals surface area contributed by atoms with E-state index in [4.69, 9.17) is 13.9 Å². The van der Waals surface area contributed by atoms with Crippen LogP contribution in [0.5, 0.6) is 0 Å². The van der Waals surface area contributed by atoms with Crippen molar-refractivity contribution in [1.82, 2.24) is 4.90 Å². The smallest absolute Gasteiger partial charge is 0.0947 e. The van der Waals surface area contributed by atoms with Gasteiger partial charge in [0.05, 0.1) is 32.3 Å². The first-order valence-electron chi connectivity index (χ1n) is 7.73. The molecule has 0 amide bonds. The zero-order chi connectivity index (χ0) is 13.4. The molecule has 3 fully saturated rings. The molecule has 3 heterocycles. The fraction of sp³-hybridized carbons (Fsp3) is 0.750. The summed E-state index contributed by atoms with van der Waals surface area (Å²) in [5.41, 5.74) is 1.50. The fourth-order valence-corrected chi connectivity index (χ4v) is 3.62. The van der Waals surface area contributed by atoms with Crippen LogP contribution in [0.25, 0.3) is 0 Å². The van der Waals surface area contributed by atoms with E-state index in [-0.39, 0.29) is 5.41 Å². The lowest BCUT2D eigenvalue weighted by atomic mass is 9.82. The number of fused-ring (bicyclic) bond motifs is 1. The summed E-state index contributed by atoms with van der Waals surface area (Å²) in [4.78, 5) is 2.53. The summed E-state index contributed by atoms with van der Waals surface area (Å²) >= 11 is 0. The van der Waals surface area contributed by atoms with Crippen LogP contribution in [0.1, 0.15) is 18.4 Å². The summed E-state index contributed by atoms with van der Waals surface area (Å²) in [7, 11) is 0. The number of nitrogens with zero attached hydrogens (tertiary/aromatic N) is 1. The van der Waals surface area contributed by atoms with Crippen molar-refractivity contribution in [2.45, 2.75) is 19.4 Å². The SMILES string of the molecule is c1cc(CN2C[C@H]3COC[C@@]3(COCC3CC3)C2)co1. The van der Waals surface area contributed by atoms with E-state index in [1.807, 2.05) is 6.26 Å². The van der Waals surface area contributed by atoms with Gasteiger partial charge in [0.15, 0.2) is 0 Å². The Hall–Kier alpha value is -0.840. The zero-order valence-electron chi connectivity index (χ0n) is 11.9. The standard InChI is InChI=1S/C16H23NO3/c1-2-13(1)7-19-11-16-10-17(5-14-3-4-18-8-14)6-15(16)9-20-12-16/h3-4,8,13,15H,1-2,5-7,9-12H2/t15-,16-/m0/s1. The van der Waals surface area contributed by atoms with Crippen molar-refractivity contribution in [1.29, 1.82) is 0 Å². The maximum Gasteiger partial charge on any atom is 0.0947 e. The van der Waals surface area contributed by atoms with Crippen LogP contribution in [-0.2, 0) is 16.0 Å². The van der Waals surface area contributed by atoms with Gasteiger partial charge in [-0.1, -0.05) is 0 Å². The van der Waals surface area contributed by atoms with E-state index >= 15 is 0 Å². The van der Waals surface area contributed by atoms with E-state index in [2.05, 4.69) is 11.0 Å². The molecule has 2 saturated heterocycles. The molecule has 4 rings (SSSR count). The number of hydrogen-bond acceptors (Lipinski definition) is 4. The van der Waals surface area contributed by atoms with Crippen LogP contribution in [0.2, 0.25) is 0 Å². The Kier molecular flexibility index (Phi) is 3.33. The molecule has 1 aromatic heterocycles. The Labute approximate surface area is 120 Å². The van der Waals surface area contributed by atoms with Gasteiger partial charge in [0.2, 0.25) is 0 Å². The summed E-state index contributed by atoms with van der Waals surface area (Å²) in [6.45, 7) is 6.79. The summed E-state index contributed by atoms with van der Waals surface area (Å²) < 4.78 is 16.9. The highest BCUT2D eigenvalue weighted by molar-refractivity contribution is 5.08. The molecule has 110 valence electrons. The Morgan fingerprint density at radius 1 is 1.40 bits per heavy atom. The van der Waals surface area contributed by atoms with Gasteiger partial charge in [-0.3, -0.25) is 4.90 Å². The van der Waals surface area contributed by atoms with Gasteiger partial charge >= 0.3 is 0 Å². The molecule has 1 saturated carbocycles. The quantitative estimate of drug-likeness (QED) is 0.798. The van der Waals surface area contributed by atoms with Crippen molar-refractivity contribution >= 4 is 0 Å². The molecular formula is C16H23NO3. The number of ether oxygens (including phenoxy) is 2. The Morgan fingerprint density at radius 3 is 3.15 bits per heavy atom. The maximum atomic E-state index is 6.00. The summed E-state index contributed by atoms with van der Waals surface area (Å²) in [6, 6.07) is 2.06. The molecule has 2 atom stereocenters. The normalized spacial score (nSPS) is 33.7. The van der Waals surface area contributed by atoms with Crippen molar-refractivity contribution < 1.29 is 13.9 Å². The first-order chi connectivity index (χ1) is 9.84. The molecule has 0 radical (unpaired) electrons. The van der Waals surface area contributed by atoms with Crippen molar-refractivity contribution in [3.8, 4) is 0 Å². The number of furan rings is 1. The van der Waals surface area contributed by atoms with E-state index < -0.39 is 0 Å². The van der Waals surface area contributed by atoms with Gasteiger partial charge in [-0.2, -0.15) is 0 Å². The topological polar surface area (TPSA) is 34.8 Å². The van der Waals surface area contributed by atoms with E-state index in [9.17, 15) is 0 Å². The highest BCUT2D eigenvalue weighted by atomic mass is 16.5. The second kappa shape index (κ2) is 5.17. The third kappa shape index (κ3) is 2.52. The van der Waals surface area contributed by atoms with E-state index in [0.717, 1.165) is 52.0 Å². The van der Waals surface area contributed by atoms with Crippen LogP contribution in [0.4, 0.5) is 0 Å². The molecule has 20 heavy (non-hydrogen) atoms. The summed E-state index contributed by atoms with van der Waals surface area (Å²) in [5, 5.41) is 0. The summed E-state index contributed by atoms with van der Waals surface area (Å²) in [5.74, 6) is 1.48. The van der Waals surface area contributed by atoms with Gasteiger partial charge in [0.1, 0.15) is 0 Å². The van der Waals surface area contributed by atoms with Gasteiger partial charge in [-0.05, 0) is 24.8 Å². The lowest BCUT2D eigenvalue weighted by molar-refractivity contribution is 0.0221. The van der Waals surface area contributed by atoms with Crippen molar-refractivity contribution in [3.05, 3.63) is 24.2 Å². The van der Waals surface area contributed by atoms with Crippen LogP contribution in [0, 0.1) is 17.3 Å². The summed E-state index contributed by atoms with van der Waals surface area (Å²) in [6.07, 6.45) is 6.32. The molecule has 0 aromatic carbocycles. The van der Waals surface area contributed by atoms with Crippen LogP contribution in [0.3, 0.4) is 0 Å². The van der Waals surface area contributed by atoms with Gasteiger partial charge < -0.3 is 13.9 Å². The molecule has 0 unspecified atom stereocenters. The monoisotopic (exact) mass is 277 g/mol. The molecule has 0 spiro atoms. The first-order valence-corrected chi connectivity index (χ1v) is 7.73. The zero-order valence-corrected chi connectivity index (χ0v) is 11.9. The van der Waals surface area contributed by atoms with Gasteiger partial charge in [-0.15, -0.1) is 0 Å². The van der Waals surface area contributed by atoms with Crippen molar-refractivity contribution in [2.75, 3.05) is 39.5 Å². The van der Waals surface area contributed by atoms with Crippen molar-refractivity contribution in [2.24, 2.45) is 17.3 Å². The van der Waals surface area contributed by atoms with Gasteiger partial charge in [0.25, 0.3) is 0 Å². The molecule has 1 aliphatic carbocycles.